The first-order valence-electron chi connectivity index (χ1n) is 10.00. The highest BCUT2D eigenvalue weighted by Crippen LogP contribution is 2.33. The van der Waals surface area contributed by atoms with E-state index in [4.69, 9.17) is 0 Å². The first kappa shape index (κ1) is 25.0. The number of halogens is 6. The van der Waals surface area contributed by atoms with Gasteiger partial charge in [-0.2, -0.15) is 26.3 Å². The first-order valence-corrected chi connectivity index (χ1v) is 11.6. The summed E-state index contributed by atoms with van der Waals surface area (Å²) in [5, 5.41) is 2.61. The van der Waals surface area contributed by atoms with Gasteiger partial charge in [0, 0.05) is 12.2 Å². The summed E-state index contributed by atoms with van der Waals surface area (Å²) in [6.07, 6.45) is -6.83. The Labute approximate surface area is 186 Å². The number of alkyl halides is 6. The van der Waals surface area contributed by atoms with Crippen LogP contribution in [0.1, 0.15) is 47.3 Å². The van der Waals surface area contributed by atoms with Crippen molar-refractivity contribution in [2.24, 2.45) is 5.92 Å². The Hall–Kier alpha value is -2.63. The fraction of sp³-hybridized carbons (Fsp3) is 0.429. The van der Waals surface area contributed by atoms with E-state index in [9.17, 15) is 39.6 Å². The van der Waals surface area contributed by atoms with Gasteiger partial charge in [-0.15, -0.1) is 0 Å². The summed E-state index contributed by atoms with van der Waals surface area (Å²) in [5.74, 6) is -1.41. The van der Waals surface area contributed by atoms with E-state index in [1.54, 1.807) is 0 Å². The van der Waals surface area contributed by atoms with Crippen molar-refractivity contribution in [2.45, 2.75) is 49.0 Å². The summed E-state index contributed by atoms with van der Waals surface area (Å²) < 4.78 is 102. The molecule has 1 fully saturated rings. The second-order valence-corrected chi connectivity index (χ2v) is 9.96. The van der Waals surface area contributed by atoms with E-state index in [2.05, 4.69) is 10.3 Å². The van der Waals surface area contributed by atoms with Crippen molar-refractivity contribution in [1.82, 2.24) is 10.3 Å². The van der Waals surface area contributed by atoms with Crippen LogP contribution in [0.5, 0.6) is 0 Å². The molecule has 0 atom stereocenters. The zero-order valence-corrected chi connectivity index (χ0v) is 17.9. The average molecular weight is 494 g/mol. The van der Waals surface area contributed by atoms with E-state index < -0.39 is 44.1 Å². The standard InChI is InChI=1S/C21H20F6N2O3S/c22-20(23,24)14-2-1-3-17(10-14)33(31,32)12-13-4-6-16(7-5-13)29-19(30)18-11-15(8-9-28-18)21(25,26)27/h1-3,8-11,13,16H,4-7,12H2,(H,29,30)/t13-,16-. The number of nitrogens with zero attached hydrogens (tertiary/aromatic N) is 1. The van der Waals surface area contributed by atoms with Crippen molar-refractivity contribution in [3.05, 3.63) is 59.4 Å². The highest BCUT2D eigenvalue weighted by molar-refractivity contribution is 7.91. The van der Waals surface area contributed by atoms with E-state index >= 15 is 0 Å². The van der Waals surface area contributed by atoms with Gasteiger partial charge < -0.3 is 5.32 Å². The van der Waals surface area contributed by atoms with Crippen molar-refractivity contribution in [3.8, 4) is 0 Å². The molecule has 1 amide bonds. The smallest absolute Gasteiger partial charge is 0.348 e. The number of hydrogen-bond donors (Lipinski definition) is 1. The summed E-state index contributed by atoms with van der Waals surface area (Å²) in [4.78, 5) is 15.5. The van der Waals surface area contributed by atoms with Gasteiger partial charge in [0.1, 0.15) is 5.69 Å². The van der Waals surface area contributed by atoms with Crippen LogP contribution in [0.15, 0.2) is 47.5 Å². The highest BCUT2D eigenvalue weighted by atomic mass is 32.2. The van der Waals surface area contributed by atoms with Crippen molar-refractivity contribution in [3.63, 3.8) is 0 Å². The number of sulfone groups is 1. The lowest BCUT2D eigenvalue weighted by Crippen LogP contribution is -2.39. The Kier molecular flexibility index (Phi) is 7.06. The Balaban J connectivity index is 1.58. The molecule has 33 heavy (non-hydrogen) atoms. The van der Waals surface area contributed by atoms with Crippen molar-refractivity contribution in [2.75, 3.05) is 5.75 Å². The second-order valence-electron chi connectivity index (χ2n) is 7.93. The van der Waals surface area contributed by atoms with Crippen LogP contribution >= 0.6 is 0 Å². The molecule has 5 nitrogen and oxygen atoms in total. The summed E-state index contributed by atoms with van der Waals surface area (Å²) in [6, 6.07) is 4.62. The molecule has 0 spiro atoms. The summed E-state index contributed by atoms with van der Waals surface area (Å²) in [7, 11) is -3.95. The Morgan fingerprint density at radius 3 is 2.15 bits per heavy atom. The van der Waals surface area contributed by atoms with E-state index in [1.165, 1.54) is 0 Å². The number of benzene rings is 1. The fourth-order valence-electron chi connectivity index (χ4n) is 3.74. The zero-order valence-electron chi connectivity index (χ0n) is 17.1. The van der Waals surface area contributed by atoms with Gasteiger partial charge in [-0.05, 0) is 61.9 Å². The lowest BCUT2D eigenvalue weighted by Gasteiger charge is -2.29. The number of pyridine rings is 1. The molecule has 12 heteroatoms. The largest absolute Gasteiger partial charge is 0.416 e. The monoisotopic (exact) mass is 494 g/mol. The quantitative estimate of drug-likeness (QED) is 0.601. The van der Waals surface area contributed by atoms with Crippen LogP contribution in [-0.4, -0.2) is 31.1 Å². The maximum atomic E-state index is 12.9. The van der Waals surface area contributed by atoms with E-state index in [0.29, 0.717) is 37.8 Å². The van der Waals surface area contributed by atoms with Crippen LogP contribution in [0.4, 0.5) is 26.3 Å². The lowest BCUT2D eigenvalue weighted by molar-refractivity contribution is -0.138. The average Bonchev–Trinajstić information content (AvgIpc) is 2.74. The third kappa shape index (κ3) is 6.46. The molecule has 1 aliphatic carbocycles. The lowest BCUT2D eigenvalue weighted by atomic mass is 9.87. The minimum Gasteiger partial charge on any atom is -0.348 e. The second kappa shape index (κ2) is 9.32. The number of carbonyl (C=O) groups excluding carboxylic acids is 1. The number of amides is 1. The number of nitrogens with one attached hydrogen (secondary N) is 1. The highest BCUT2D eigenvalue weighted by Gasteiger charge is 2.34. The Bertz CT molecular complexity index is 1110. The molecular weight excluding hydrogens is 474 g/mol. The zero-order chi connectivity index (χ0) is 24.4. The van der Waals surface area contributed by atoms with E-state index in [1.807, 2.05) is 0 Å². The third-order valence-corrected chi connectivity index (χ3v) is 7.36. The van der Waals surface area contributed by atoms with Crippen LogP contribution in [0.2, 0.25) is 0 Å². The number of rotatable bonds is 5. The molecular formula is C21H20F6N2O3S. The minimum atomic E-state index is -4.66. The van der Waals surface area contributed by atoms with Crippen LogP contribution in [-0.2, 0) is 22.2 Å². The molecule has 0 radical (unpaired) electrons. The molecule has 1 aromatic heterocycles. The normalized spacial score (nSPS) is 19.8. The molecule has 1 N–H and O–H groups in total. The first-order chi connectivity index (χ1) is 15.3. The van der Waals surface area contributed by atoms with Gasteiger partial charge in [-0.3, -0.25) is 9.78 Å². The number of carbonyl (C=O) groups is 1. The molecule has 180 valence electrons. The minimum absolute atomic E-state index is 0.315. The molecule has 1 aliphatic rings. The molecule has 1 aromatic carbocycles. The van der Waals surface area contributed by atoms with Crippen LogP contribution in [0.3, 0.4) is 0 Å². The number of aromatic nitrogens is 1. The maximum absolute atomic E-state index is 12.9. The third-order valence-electron chi connectivity index (χ3n) is 5.48. The molecule has 1 heterocycles. The molecule has 0 bridgehead atoms. The molecule has 0 saturated heterocycles. The van der Waals surface area contributed by atoms with Crippen molar-refractivity contribution in [1.29, 1.82) is 0 Å². The van der Waals surface area contributed by atoms with Crippen LogP contribution in [0.25, 0.3) is 0 Å². The molecule has 0 unspecified atom stereocenters. The van der Waals surface area contributed by atoms with Gasteiger partial charge >= 0.3 is 12.4 Å². The topological polar surface area (TPSA) is 76.1 Å². The maximum Gasteiger partial charge on any atom is 0.416 e. The van der Waals surface area contributed by atoms with E-state index in [0.717, 1.165) is 30.5 Å². The Morgan fingerprint density at radius 1 is 0.939 bits per heavy atom. The molecule has 1 saturated carbocycles. The molecule has 2 aromatic rings. The van der Waals surface area contributed by atoms with Crippen LogP contribution in [0, 0.1) is 5.92 Å². The predicted octanol–water partition coefficient (Wildman–Crippen LogP) is 4.88. The van der Waals surface area contributed by atoms with Crippen molar-refractivity contribution < 1.29 is 39.6 Å². The van der Waals surface area contributed by atoms with Crippen LogP contribution < -0.4 is 5.32 Å². The van der Waals surface area contributed by atoms with E-state index in [-0.39, 0.29) is 23.4 Å². The predicted molar refractivity (Wildman–Crippen MR) is 106 cm³/mol. The molecule has 3 rings (SSSR count). The van der Waals surface area contributed by atoms with Crippen molar-refractivity contribution >= 4 is 15.7 Å². The summed E-state index contributed by atoms with van der Waals surface area (Å²) in [6.45, 7) is 0. The van der Waals surface area contributed by atoms with Gasteiger partial charge in [-0.1, -0.05) is 6.07 Å². The fourth-order valence-corrected chi connectivity index (χ4v) is 5.48. The molecule has 0 aliphatic heterocycles. The van der Waals surface area contributed by atoms with Gasteiger partial charge in [-0.25, -0.2) is 8.42 Å². The summed E-state index contributed by atoms with van der Waals surface area (Å²) in [5.41, 5.74) is -2.41. The van der Waals surface area contributed by atoms with Gasteiger partial charge in [0.2, 0.25) is 0 Å². The van der Waals surface area contributed by atoms with Gasteiger partial charge in [0.05, 0.1) is 21.8 Å². The van der Waals surface area contributed by atoms with Gasteiger partial charge in [0.15, 0.2) is 9.84 Å². The number of hydrogen-bond acceptors (Lipinski definition) is 4. The van der Waals surface area contributed by atoms with Gasteiger partial charge in [0.25, 0.3) is 5.91 Å². The SMILES string of the molecule is O=C(N[C@H]1CC[C@H](CS(=O)(=O)c2cccc(C(F)(F)F)c2)CC1)c1cc(C(F)(F)F)ccn1. The summed E-state index contributed by atoms with van der Waals surface area (Å²) >= 11 is 0. The Morgan fingerprint density at radius 2 is 1.55 bits per heavy atom.